The summed E-state index contributed by atoms with van der Waals surface area (Å²) in [7, 11) is 0. The number of hydrogen-bond donors (Lipinski definition) is 14. The van der Waals surface area contributed by atoms with Crippen molar-refractivity contribution in [1.82, 2.24) is 10.6 Å². The smallest absolute Gasteiger partial charge is 0.217 e. The second kappa shape index (κ2) is 18.0. The Labute approximate surface area is 289 Å². The van der Waals surface area contributed by atoms with Crippen molar-refractivity contribution in [2.75, 3.05) is 26.4 Å². The number of carbonyl (C=O) groups excluding carboxylic acids is 2. The summed E-state index contributed by atoms with van der Waals surface area (Å²) in [6.45, 7) is -1.25. The van der Waals surface area contributed by atoms with Crippen LogP contribution < -0.4 is 10.6 Å². The molecule has 0 spiro atoms. The molecule has 20 atom stereocenters. The normalized spacial score (nSPS) is 47.8. The Balaban J connectivity index is 1.52. The SMILES string of the molecule is CC(=O)N[C@@H]1[C@@H](O)[C@H](O[C@H]2O[C@H](CO)[C@@H](O[C@@H]3O[C@H](CO)[C@@H](O[C@H]4O[C@H](CO)[C@@H](O)[C@H](O)[C@@H]4O)[C@H](O)[C@@H]3O)[C@H](O)[C@H]2NC(C)=O)[C@@H](CO)O[C@H]1O. The highest BCUT2D eigenvalue weighted by molar-refractivity contribution is 5.73. The van der Waals surface area contributed by atoms with Crippen molar-refractivity contribution in [3.63, 3.8) is 0 Å². The lowest BCUT2D eigenvalue weighted by atomic mass is 9.94. The van der Waals surface area contributed by atoms with Crippen LogP contribution in [0.4, 0.5) is 0 Å². The summed E-state index contributed by atoms with van der Waals surface area (Å²) >= 11 is 0. The molecule has 2 amide bonds. The lowest BCUT2D eigenvalue weighted by Gasteiger charge is -2.50. The van der Waals surface area contributed by atoms with Crippen LogP contribution in [0.2, 0.25) is 0 Å². The zero-order valence-electron chi connectivity index (χ0n) is 27.4. The number of rotatable bonds is 12. The fraction of sp³-hybridized carbons (Fsp3) is 0.929. The molecule has 0 bridgehead atoms. The minimum Gasteiger partial charge on any atom is -0.394 e. The van der Waals surface area contributed by atoms with Crippen LogP contribution in [-0.2, 0) is 42.7 Å². The van der Waals surface area contributed by atoms with E-state index < -0.39 is 161 Å². The van der Waals surface area contributed by atoms with Gasteiger partial charge in [0.1, 0.15) is 97.5 Å². The maximum atomic E-state index is 12.2. The first-order chi connectivity index (χ1) is 24.1. The Morgan fingerprint density at radius 1 is 0.471 bits per heavy atom. The summed E-state index contributed by atoms with van der Waals surface area (Å²) in [5.41, 5.74) is 0. The number of aliphatic hydroxyl groups excluding tert-OH is 12. The summed E-state index contributed by atoms with van der Waals surface area (Å²) in [4.78, 5) is 23.9. The number of ether oxygens (including phenoxy) is 7. The van der Waals surface area contributed by atoms with E-state index in [1.165, 1.54) is 0 Å². The maximum Gasteiger partial charge on any atom is 0.217 e. The van der Waals surface area contributed by atoms with Gasteiger partial charge in [-0.1, -0.05) is 0 Å². The van der Waals surface area contributed by atoms with Gasteiger partial charge in [0.25, 0.3) is 0 Å². The molecule has 4 heterocycles. The van der Waals surface area contributed by atoms with Gasteiger partial charge in [0.15, 0.2) is 25.2 Å². The average molecular weight is 749 g/mol. The van der Waals surface area contributed by atoms with Crippen LogP contribution >= 0.6 is 0 Å². The second-order valence-corrected chi connectivity index (χ2v) is 12.6. The van der Waals surface area contributed by atoms with Crippen molar-refractivity contribution in [3.8, 4) is 0 Å². The van der Waals surface area contributed by atoms with E-state index >= 15 is 0 Å². The van der Waals surface area contributed by atoms with Gasteiger partial charge < -0.3 is 105 Å². The molecule has 296 valence electrons. The Bertz CT molecular complexity index is 1140. The third-order valence-corrected chi connectivity index (χ3v) is 9.01. The number of hydrogen-bond acceptors (Lipinski definition) is 21. The molecule has 4 rings (SSSR count). The molecule has 0 saturated carbocycles. The molecule has 14 N–H and O–H groups in total. The lowest BCUT2D eigenvalue weighted by Crippen LogP contribution is -2.70. The fourth-order valence-corrected chi connectivity index (χ4v) is 6.36. The molecule has 23 nitrogen and oxygen atoms in total. The molecule has 4 saturated heterocycles. The number of carbonyl (C=O) groups is 2. The maximum absolute atomic E-state index is 12.2. The van der Waals surface area contributed by atoms with Gasteiger partial charge in [-0.05, 0) is 0 Å². The number of amides is 2. The van der Waals surface area contributed by atoms with Crippen molar-refractivity contribution in [1.29, 1.82) is 0 Å². The monoisotopic (exact) mass is 748 g/mol. The lowest BCUT2D eigenvalue weighted by molar-refractivity contribution is -0.378. The standard InChI is InChI=1S/C28H48N2O21/c1-7(35)29-13-16(38)22(10(4-32)45-25(13)44)49-26-14(30-8(2)36)17(39)23(11(5-33)47-26)50-28-21(43)19(41)24(12(6-34)48-28)51-27-20(42)18(40)15(37)9(3-31)46-27/h9-28,31-34,37-44H,3-6H2,1-2H3,(H,29,35)(H,30,36)/t9-,10-,11-,12-,13-,14-,15-,16-,17-,18+,19-,20+,21+,22-,23-,24-,25-,26-,27-,28+/m1/s1. The highest BCUT2D eigenvalue weighted by Crippen LogP contribution is 2.34. The second-order valence-electron chi connectivity index (χ2n) is 12.6. The zero-order chi connectivity index (χ0) is 37.9. The summed E-state index contributed by atoms with van der Waals surface area (Å²) < 4.78 is 39.1. The first-order valence-electron chi connectivity index (χ1n) is 16.1. The van der Waals surface area contributed by atoms with Gasteiger partial charge in [-0.15, -0.1) is 0 Å². The third-order valence-electron chi connectivity index (χ3n) is 9.01. The predicted molar refractivity (Wildman–Crippen MR) is 157 cm³/mol. The minimum absolute atomic E-state index is 0.656. The van der Waals surface area contributed by atoms with E-state index in [2.05, 4.69) is 10.6 Å². The molecule has 0 unspecified atom stereocenters. The highest BCUT2D eigenvalue weighted by Gasteiger charge is 2.55. The predicted octanol–water partition coefficient (Wildman–Crippen LogP) is -9.46. The van der Waals surface area contributed by atoms with Gasteiger partial charge in [0.2, 0.25) is 11.8 Å². The summed E-state index contributed by atoms with van der Waals surface area (Å²) in [6, 6.07) is -3.02. The fourth-order valence-electron chi connectivity index (χ4n) is 6.36. The topological polar surface area (TPSA) is 366 Å². The van der Waals surface area contributed by atoms with Crippen LogP contribution in [0.15, 0.2) is 0 Å². The van der Waals surface area contributed by atoms with E-state index in [1.807, 2.05) is 0 Å². The quantitative estimate of drug-likeness (QED) is 0.0881. The van der Waals surface area contributed by atoms with E-state index in [1.54, 1.807) is 0 Å². The van der Waals surface area contributed by atoms with Crippen LogP contribution in [0.25, 0.3) is 0 Å². The third kappa shape index (κ3) is 9.11. The van der Waals surface area contributed by atoms with Crippen LogP contribution in [-0.4, -0.2) is 222 Å². The number of nitrogens with one attached hydrogen (secondary N) is 2. The Kier molecular flexibility index (Phi) is 14.8. The molecule has 4 fully saturated rings. The molecule has 0 aromatic rings. The van der Waals surface area contributed by atoms with Crippen molar-refractivity contribution in [3.05, 3.63) is 0 Å². The molecular formula is C28H48N2O21. The Morgan fingerprint density at radius 3 is 1.33 bits per heavy atom. The van der Waals surface area contributed by atoms with Gasteiger partial charge in [-0.3, -0.25) is 9.59 Å². The Hall–Kier alpha value is -1.82. The van der Waals surface area contributed by atoms with Crippen LogP contribution in [0.5, 0.6) is 0 Å². The van der Waals surface area contributed by atoms with Gasteiger partial charge in [0.05, 0.1) is 26.4 Å². The minimum atomic E-state index is -2.04. The van der Waals surface area contributed by atoms with Crippen molar-refractivity contribution >= 4 is 11.8 Å². The van der Waals surface area contributed by atoms with E-state index in [9.17, 15) is 70.9 Å². The van der Waals surface area contributed by atoms with Crippen molar-refractivity contribution in [2.24, 2.45) is 0 Å². The molecule has 4 aliphatic rings. The van der Waals surface area contributed by atoms with Gasteiger partial charge >= 0.3 is 0 Å². The van der Waals surface area contributed by atoms with E-state index in [-0.39, 0.29) is 0 Å². The molecular weight excluding hydrogens is 700 g/mol. The summed E-state index contributed by atoms with van der Waals surface area (Å²) in [5, 5.41) is 129. The van der Waals surface area contributed by atoms with E-state index in [4.69, 9.17) is 33.2 Å². The van der Waals surface area contributed by atoms with Crippen LogP contribution in [0.1, 0.15) is 13.8 Å². The first-order valence-corrected chi connectivity index (χ1v) is 16.1. The van der Waals surface area contributed by atoms with Gasteiger partial charge in [0, 0.05) is 13.8 Å². The molecule has 4 aliphatic heterocycles. The van der Waals surface area contributed by atoms with Crippen molar-refractivity contribution in [2.45, 2.75) is 137 Å². The van der Waals surface area contributed by atoms with Crippen LogP contribution in [0, 0.1) is 0 Å². The van der Waals surface area contributed by atoms with Gasteiger partial charge in [-0.2, -0.15) is 0 Å². The van der Waals surface area contributed by atoms with Gasteiger partial charge in [-0.25, -0.2) is 0 Å². The molecule has 23 heteroatoms. The Morgan fingerprint density at radius 2 is 0.843 bits per heavy atom. The van der Waals surface area contributed by atoms with E-state index in [0.29, 0.717) is 0 Å². The molecule has 0 aromatic carbocycles. The highest BCUT2D eigenvalue weighted by atomic mass is 16.8. The average Bonchev–Trinajstić information content (AvgIpc) is 3.09. The molecule has 0 radical (unpaired) electrons. The first kappa shape index (κ1) is 41.9. The largest absolute Gasteiger partial charge is 0.394 e. The summed E-state index contributed by atoms with van der Waals surface area (Å²) in [6.07, 6.45) is -31.1. The summed E-state index contributed by atoms with van der Waals surface area (Å²) in [5.74, 6) is -1.39. The molecule has 0 aliphatic carbocycles. The number of aliphatic hydroxyl groups is 12. The van der Waals surface area contributed by atoms with Crippen LogP contribution in [0.3, 0.4) is 0 Å². The zero-order valence-corrected chi connectivity index (χ0v) is 27.4. The molecule has 51 heavy (non-hydrogen) atoms. The molecule has 0 aromatic heterocycles. The van der Waals surface area contributed by atoms with Crippen molar-refractivity contribution < 1.29 is 104 Å². The van der Waals surface area contributed by atoms with E-state index in [0.717, 1.165) is 13.8 Å².